The number of sulfone groups is 1. The molecule has 0 aliphatic carbocycles. The van der Waals surface area contributed by atoms with Gasteiger partial charge in [0, 0.05) is 30.6 Å². The van der Waals surface area contributed by atoms with E-state index in [1.807, 2.05) is 30.3 Å². The molecule has 1 atom stereocenters. The van der Waals surface area contributed by atoms with Crippen molar-refractivity contribution in [2.24, 2.45) is 0 Å². The second-order valence-electron chi connectivity index (χ2n) is 6.97. The molecule has 0 bridgehead atoms. The molecule has 29 heavy (non-hydrogen) atoms. The standard InChI is InChI=1S/C21H22N4O3S/c1-16-14-28-12-11-25(16)20-13-18(15-29(26,27)19-7-9-22-10-8-19)23-21(24-20)17-5-3-2-4-6-17/h2-10,13,16H,11-12,14-15H2,1H3/t16-/m0/s1. The van der Waals surface area contributed by atoms with Crippen LogP contribution in [0.5, 0.6) is 0 Å². The van der Waals surface area contributed by atoms with Crippen LogP contribution in [0.1, 0.15) is 12.6 Å². The van der Waals surface area contributed by atoms with Crippen LogP contribution in [0, 0.1) is 0 Å². The minimum atomic E-state index is -3.55. The Morgan fingerprint density at radius 2 is 1.86 bits per heavy atom. The number of nitrogens with zero attached hydrogens (tertiary/aromatic N) is 4. The van der Waals surface area contributed by atoms with Crippen molar-refractivity contribution < 1.29 is 13.2 Å². The predicted molar refractivity (Wildman–Crippen MR) is 110 cm³/mol. The maximum Gasteiger partial charge on any atom is 0.184 e. The third kappa shape index (κ3) is 4.44. The van der Waals surface area contributed by atoms with Crippen molar-refractivity contribution in [1.29, 1.82) is 0 Å². The Kier molecular flexibility index (Phi) is 5.55. The summed E-state index contributed by atoms with van der Waals surface area (Å²) in [5.41, 5.74) is 1.31. The molecule has 7 nitrogen and oxygen atoms in total. The van der Waals surface area contributed by atoms with E-state index in [1.54, 1.807) is 6.07 Å². The Balaban J connectivity index is 1.75. The molecule has 0 N–H and O–H groups in total. The fourth-order valence-electron chi connectivity index (χ4n) is 3.31. The van der Waals surface area contributed by atoms with Crippen molar-refractivity contribution in [2.45, 2.75) is 23.6 Å². The lowest BCUT2D eigenvalue weighted by Gasteiger charge is -2.34. The van der Waals surface area contributed by atoms with E-state index in [0.717, 1.165) is 11.4 Å². The van der Waals surface area contributed by atoms with Gasteiger partial charge in [-0.3, -0.25) is 4.98 Å². The Labute approximate surface area is 170 Å². The summed E-state index contributed by atoms with van der Waals surface area (Å²) in [7, 11) is -3.55. The average molecular weight is 410 g/mol. The van der Waals surface area contributed by atoms with Crippen LogP contribution in [-0.4, -0.2) is 49.2 Å². The summed E-state index contributed by atoms with van der Waals surface area (Å²) < 4.78 is 31.3. The van der Waals surface area contributed by atoms with Gasteiger partial charge in [-0.1, -0.05) is 30.3 Å². The van der Waals surface area contributed by atoms with Crippen LogP contribution < -0.4 is 4.90 Å². The van der Waals surface area contributed by atoms with Gasteiger partial charge < -0.3 is 9.64 Å². The van der Waals surface area contributed by atoms with E-state index < -0.39 is 9.84 Å². The van der Waals surface area contributed by atoms with E-state index in [9.17, 15) is 8.42 Å². The van der Waals surface area contributed by atoms with Crippen LogP contribution in [-0.2, 0) is 20.3 Å². The molecule has 1 aromatic carbocycles. The zero-order valence-electron chi connectivity index (χ0n) is 16.1. The molecule has 3 heterocycles. The van der Waals surface area contributed by atoms with Crippen LogP contribution in [0.15, 0.2) is 65.8 Å². The molecule has 2 aromatic heterocycles. The molecule has 0 spiro atoms. The van der Waals surface area contributed by atoms with E-state index in [2.05, 4.69) is 21.8 Å². The first-order valence-electron chi connectivity index (χ1n) is 9.43. The summed E-state index contributed by atoms with van der Waals surface area (Å²) in [6.07, 6.45) is 2.95. The van der Waals surface area contributed by atoms with Crippen LogP contribution in [0.2, 0.25) is 0 Å². The monoisotopic (exact) mass is 410 g/mol. The van der Waals surface area contributed by atoms with Gasteiger partial charge >= 0.3 is 0 Å². The zero-order valence-corrected chi connectivity index (χ0v) is 16.9. The summed E-state index contributed by atoms with van der Waals surface area (Å²) >= 11 is 0. The first kappa shape index (κ1) is 19.5. The molecule has 8 heteroatoms. The Morgan fingerprint density at radius 3 is 2.59 bits per heavy atom. The lowest BCUT2D eigenvalue weighted by Crippen LogP contribution is -2.44. The quantitative estimate of drug-likeness (QED) is 0.639. The van der Waals surface area contributed by atoms with Gasteiger partial charge in [-0.05, 0) is 19.1 Å². The molecule has 4 rings (SSSR count). The summed E-state index contributed by atoms with van der Waals surface area (Å²) in [6, 6.07) is 14.5. The molecule has 0 radical (unpaired) electrons. The molecule has 0 amide bonds. The maximum absolute atomic E-state index is 12.9. The van der Waals surface area contributed by atoms with Crippen molar-refractivity contribution in [3.63, 3.8) is 0 Å². The lowest BCUT2D eigenvalue weighted by molar-refractivity contribution is 0.0985. The number of aromatic nitrogens is 3. The van der Waals surface area contributed by atoms with Gasteiger partial charge in [0.25, 0.3) is 0 Å². The molecule has 0 saturated carbocycles. The smallest absolute Gasteiger partial charge is 0.184 e. The van der Waals surface area contributed by atoms with Gasteiger partial charge in [-0.15, -0.1) is 0 Å². The van der Waals surface area contributed by atoms with Crippen LogP contribution in [0.3, 0.4) is 0 Å². The second-order valence-corrected chi connectivity index (χ2v) is 8.96. The highest BCUT2D eigenvalue weighted by Gasteiger charge is 2.23. The fourth-order valence-corrected chi connectivity index (χ4v) is 4.55. The number of anilines is 1. The first-order valence-corrected chi connectivity index (χ1v) is 11.1. The fraction of sp³-hybridized carbons (Fsp3) is 0.286. The minimum absolute atomic E-state index is 0.145. The second kappa shape index (κ2) is 8.26. The third-order valence-electron chi connectivity index (χ3n) is 4.81. The number of morpholine rings is 1. The molecule has 1 aliphatic heterocycles. The molecule has 3 aromatic rings. The molecular weight excluding hydrogens is 388 g/mol. The number of rotatable bonds is 5. The van der Waals surface area contributed by atoms with E-state index in [-0.39, 0.29) is 16.7 Å². The number of hydrogen-bond acceptors (Lipinski definition) is 7. The molecule has 150 valence electrons. The van der Waals surface area contributed by atoms with E-state index in [1.165, 1.54) is 24.5 Å². The number of ether oxygens (including phenoxy) is 1. The highest BCUT2D eigenvalue weighted by Crippen LogP contribution is 2.25. The van der Waals surface area contributed by atoms with Gasteiger partial charge in [0.15, 0.2) is 15.7 Å². The lowest BCUT2D eigenvalue weighted by atomic mass is 10.2. The van der Waals surface area contributed by atoms with Crippen molar-refractivity contribution in [2.75, 3.05) is 24.7 Å². The van der Waals surface area contributed by atoms with Gasteiger partial charge in [0.05, 0.1) is 35.6 Å². The molecule has 1 fully saturated rings. The van der Waals surface area contributed by atoms with E-state index in [4.69, 9.17) is 9.72 Å². The largest absolute Gasteiger partial charge is 0.377 e. The van der Waals surface area contributed by atoms with E-state index in [0.29, 0.717) is 31.3 Å². The van der Waals surface area contributed by atoms with Crippen molar-refractivity contribution in [3.8, 4) is 11.4 Å². The number of benzene rings is 1. The van der Waals surface area contributed by atoms with Gasteiger partial charge in [0.1, 0.15) is 5.82 Å². The normalized spacial score (nSPS) is 17.3. The Hall–Kier alpha value is -2.84. The van der Waals surface area contributed by atoms with Crippen molar-refractivity contribution in [3.05, 3.63) is 66.6 Å². The number of pyridine rings is 1. The zero-order chi connectivity index (χ0) is 20.3. The maximum atomic E-state index is 12.9. The SMILES string of the molecule is C[C@H]1COCCN1c1cc(CS(=O)(=O)c2ccncc2)nc(-c2ccccc2)n1. The average Bonchev–Trinajstić information content (AvgIpc) is 2.75. The molecule has 1 saturated heterocycles. The minimum Gasteiger partial charge on any atom is -0.377 e. The topological polar surface area (TPSA) is 85.3 Å². The first-order chi connectivity index (χ1) is 14.0. The highest BCUT2D eigenvalue weighted by molar-refractivity contribution is 7.90. The summed E-state index contributed by atoms with van der Waals surface area (Å²) in [4.78, 5) is 15.6. The molecular formula is C21H22N4O3S. The van der Waals surface area contributed by atoms with E-state index >= 15 is 0 Å². The molecule has 1 aliphatic rings. The highest BCUT2D eigenvalue weighted by atomic mass is 32.2. The molecule has 0 unspecified atom stereocenters. The van der Waals surface area contributed by atoms with Gasteiger partial charge in [-0.2, -0.15) is 0 Å². The predicted octanol–water partition coefficient (Wildman–Crippen LogP) is 2.74. The summed E-state index contributed by atoms with van der Waals surface area (Å²) in [5.74, 6) is 1.03. The van der Waals surface area contributed by atoms with Crippen LogP contribution in [0.25, 0.3) is 11.4 Å². The van der Waals surface area contributed by atoms with Crippen LogP contribution >= 0.6 is 0 Å². The van der Waals surface area contributed by atoms with Gasteiger partial charge in [0.2, 0.25) is 0 Å². The van der Waals surface area contributed by atoms with Crippen molar-refractivity contribution >= 4 is 15.7 Å². The third-order valence-corrected chi connectivity index (χ3v) is 6.47. The van der Waals surface area contributed by atoms with Crippen LogP contribution in [0.4, 0.5) is 5.82 Å². The van der Waals surface area contributed by atoms with Gasteiger partial charge in [-0.25, -0.2) is 18.4 Å². The Morgan fingerprint density at radius 1 is 1.10 bits per heavy atom. The Bertz CT molecular complexity index is 1080. The summed E-state index contributed by atoms with van der Waals surface area (Å²) in [6.45, 7) is 3.98. The number of hydrogen-bond donors (Lipinski definition) is 0. The van der Waals surface area contributed by atoms with Crippen molar-refractivity contribution in [1.82, 2.24) is 15.0 Å². The summed E-state index contributed by atoms with van der Waals surface area (Å²) in [5, 5.41) is 0.